The molecule has 0 aromatic heterocycles. The number of methoxy groups -OCH3 is 1. The van der Waals surface area contributed by atoms with E-state index in [1.807, 2.05) is 46.4 Å². The molecule has 0 aromatic rings. The molecule has 1 aliphatic rings. The standard InChI is InChI=1S/C16H29NO3.C2H6/c1-12-7-9-17(10-8-12)13(18)15(2,3)11-16(4,5)14(19)20-6;1-2/h12H,7-11H2,1-6H3;1-2H3. The van der Waals surface area contributed by atoms with Crippen LogP contribution >= 0.6 is 0 Å². The highest BCUT2D eigenvalue weighted by atomic mass is 16.5. The van der Waals surface area contributed by atoms with Crippen LogP contribution in [0.25, 0.3) is 0 Å². The SMILES string of the molecule is CC.COC(=O)C(C)(C)CC(C)(C)C(=O)N1CCC(C)CC1. The van der Waals surface area contributed by atoms with Crippen molar-refractivity contribution >= 4 is 11.9 Å². The van der Waals surface area contributed by atoms with E-state index >= 15 is 0 Å². The normalized spacial score (nSPS) is 16.6. The van der Waals surface area contributed by atoms with Gasteiger partial charge < -0.3 is 9.64 Å². The minimum atomic E-state index is -0.642. The van der Waals surface area contributed by atoms with Gasteiger partial charge in [-0.1, -0.05) is 34.6 Å². The number of nitrogens with zero attached hydrogens (tertiary/aromatic N) is 1. The van der Waals surface area contributed by atoms with E-state index in [2.05, 4.69) is 6.92 Å². The third kappa shape index (κ3) is 5.62. The summed E-state index contributed by atoms with van der Waals surface area (Å²) in [6.07, 6.45) is 2.64. The minimum Gasteiger partial charge on any atom is -0.469 e. The molecule has 0 N–H and O–H groups in total. The highest BCUT2D eigenvalue weighted by Crippen LogP contribution is 2.36. The Morgan fingerprint density at radius 1 is 1.05 bits per heavy atom. The maximum atomic E-state index is 12.7. The summed E-state index contributed by atoms with van der Waals surface area (Å²) in [5.41, 5.74) is -1.19. The lowest BCUT2D eigenvalue weighted by molar-refractivity contribution is -0.155. The maximum absolute atomic E-state index is 12.7. The molecule has 1 amide bonds. The molecule has 0 aliphatic carbocycles. The van der Waals surface area contributed by atoms with Crippen molar-refractivity contribution in [3.63, 3.8) is 0 Å². The predicted octanol–water partition coefficient (Wildman–Crippen LogP) is 3.89. The number of likely N-dealkylation sites (tertiary alicyclic amines) is 1. The van der Waals surface area contributed by atoms with E-state index in [1.165, 1.54) is 7.11 Å². The van der Waals surface area contributed by atoms with E-state index < -0.39 is 10.8 Å². The molecular formula is C18H35NO3. The molecule has 0 aromatic carbocycles. The minimum absolute atomic E-state index is 0.154. The molecule has 1 heterocycles. The second-order valence-electron chi connectivity index (χ2n) is 7.41. The van der Waals surface area contributed by atoms with Crippen molar-refractivity contribution in [2.24, 2.45) is 16.7 Å². The van der Waals surface area contributed by atoms with Crippen LogP contribution in [-0.2, 0) is 14.3 Å². The molecular weight excluding hydrogens is 278 g/mol. The molecule has 0 bridgehead atoms. The van der Waals surface area contributed by atoms with Crippen LogP contribution in [-0.4, -0.2) is 37.0 Å². The van der Waals surface area contributed by atoms with Gasteiger partial charge in [-0.15, -0.1) is 0 Å². The summed E-state index contributed by atoms with van der Waals surface area (Å²) in [6.45, 7) is 15.4. The summed E-state index contributed by atoms with van der Waals surface area (Å²) in [5.74, 6) is 0.598. The molecule has 130 valence electrons. The van der Waals surface area contributed by atoms with Gasteiger partial charge in [0, 0.05) is 18.5 Å². The van der Waals surface area contributed by atoms with E-state index in [-0.39, 0.29) is 11.9 Å². The Morgan fingerprint density at radius 3 is 1.91 bits per heavy atom. The number of esters is 1. The van der Waals surface area contributed by atoms with E-state index in [1.54, 1.807) is 0 Å². The second-order valence-corrected chi connectivity index (χ2v) is 7.41. The molecule has 1 saturated heterocycles. The topological polar surface area (TPSA) is 46.6 Å². The number of ether oxygens (including phenoxy) is 1. The lowest BCUT2D eigenvalue weighted by Gasteiger charge is -2.38. The molecule has 22 heavy (non-hydrogen) atoms. The van der Waals surface area contributed by atoms with Crippen molar-refractivity contribution in [2.45, 2.75) is 67.7 Å². The lowest BCUT2D eigenvalue weighted by atomic mass is 9.74. The van der Waals surface area contributed by atoms with Gasteiger partial charge >= 0.3 is 5.97 Å². The highest BCUT2D eigenvalue weighted by molar-refractivity contribution is 5.84. The van der Waals surface area contributed by atoms with Gasteiger partial charge in [0.15, 0.2) is 0 Å². The van der Waals surface area contributed by atoms with Gasteiger partial charge in [-0.2, -0.15) is 0 Å². The summed E-state index contributed by atoms with van der Waals surface area (Å²) in [6, 6.07) is 0. The van der Waals surface area contributed by atoms with Crippen LogP contribution in [0.3, 0.4) is 0 Å². The first-order chi connectivity index (χ1) is 10.1. The molecule has 1 rings (SSSR count). The molecule has 1 fully saturated rings. The van der Waals surface area contributed by atoms with E-state index in [4.69, 9.17) is 4.74 Å². The van der Waals surface area contributed by atoms with Crippen molar-refractivity contribution in [1.82, 2.24) is 4.90 Å². The zero-order chi connectivity index (χ0) is 17.6. The summed E-state index contributed by atoms with van der Waals surface area (Å²) in [7, 11) is 1.39. The molecule has 0 unspecified atom stereocenters. The number of amides is 1. The average Bonchev–Trinajstić information content (AvgIpc) is 2.47. The average molecular weight is 313 g/mol. The van der Waals surface area contributed by atoms with Crippen LogP contribution in [0.2, 0.25) is 0 Å². The Morgan fingerprint density at radius 2 is 1.50 bits per heavy atom. The Balaban J connectivity index is 0.00000211. The van der Waals surface area contributed by atoms with Crippen molar-refractivity contribution in [3.05, 3.63) is 0 Å². The molecule has 0 spiro atoms. The fraction of sp³-hybridized carbons (Fsp3) is 0.889. The van der Waals surface area contributed by atoms with Gasteiger partial charge in [-0.05, 0) is 39.0 Å². The first kappa shape index (κ1) is 20.9. The summed E-state index contributed by atoms with van der Waals surface area (Å²) in [4.78, 5) is 26.4. The second kappa shape index (κ2) is 8.54. The van der Waals surface area contributed by atoms with Gasteiger partial charge in [-0.3, -0.25) is 9.59 Å². The van der Waals surface area contributed by atoms with Gasteiger partial charge in [0.05, 0.1) is 12.5 Å². The Labute approximate surface area is 136 Å². The predicted molar refractivity (Wildman–Crippen MR) is 90.5 cm³/mol. The molecule has 0 radical (unpaired) electrons. The third-order valence-corrected chi connectivity index (χ3v) is 4.27. The monoisotopic (exact) mass is 313 g/mol. The van der Waals surface area contributed by atoms with Crippen molar-refractivity contribution < 1.29 is 14.3 Å². The fourth-order valence-electron chi connectivity index (χ4n) is 3.17. The number of hydrogen-bond donors (Lipinski definition) is 0. The smallest absolute Gasteiger partial charge is 0.311 e. The summed E-state index contributed by atoms with van der Waals surface area (Å²) < 4.78 is 4.84. The number of carbonyl (C=O) groups is 2. The quantitative estimate of drug-likeness (QED) is 0.740. The Kier molecular flexibility index (Phi) is 8.13. The lowest BCUT2D eigenvalue weighted by Crippen LogP contribution is -2.47. The first-order valence-electron chi connectivity index (χ1n) is 8.48. The van der Waals surface area contributed by atoms with Crippen LogP contribution in [0.5, 0.6) is 0 Å². The molecule has 4 nitrogen and oxygen atoms in total. The van der Waals surface area contributed by atoms with Crippen molar-refractivity contribution in [3.8, 4) is 0 Å². The summed E-state index contributed by atoms with van der Waals surface area (Å²) >= 11 is 0. The van der Waals surface area contributed by atoms with E-state index in [0.29, 0.717) is 12.3 Å². The maximum Gasteiger partial charge on any atom is 0.311 e. The van der Waals surface area contributed by atoms with Gasteiger partial charge in [0.1, 0.15) is 0 Å². The zero-order valence-corrected chi connectivity index (χ0v) is 15.8. The van der Waals surface area contributed by atoms with E-state index in [0.717, 1.165) is 25.9 Å². The first-order valence-corrected chi connectivity index (χ1v) is 8.48. The van der Waals surface area contributed by atoms with Gasteiger partial charge in [-0.25, -0.2) is 0 Å². The number of carbonyl (C=O) groups excluding carboxylic acids is 2. The van der Waals surface area contributed by atoms with Gasteiger partial charge in [0.2, 0.25) is 5.91 Å². The van der Waals surface area contributed by atoms with Crippen LogP contribution in [0.4, 0.5) is 0 Å². The largest absolute Gasteiger partial charge is 0.469 e. The van der Waals surface area contributed by atoms with Crippen LogP contribution in [0.1, 0.15) is 67.7 Å². The Bertz CT molecular complexity index is 367. The van der Waals surface area contributed by atoms with E-state index in [9.17, 15) is 9.59 Å². The molecule has 1 aliphatic heterocycles. The van der Waals surface area contributed by atoms with Crippen molar-refractivity contribution in [2.75, 3.05) is 20.2 Å². The molecule has 4 heteroatoms. The number of piperidine rings is 1. The Hall–Kier alpha value is -1.06. The van der Waals surface area contributed by atoms with Crippen LogP contribution in [0, 0.1) is 16.7 Å². The van der Waals surface area contributed by atoms with Crippen LogP contribution < -0.4 is 0 Å². The van der Waals surface area contributed by atoms with Crippen LogP contribution in [0.15, 0.2) is 0 Å². The third-order valence-electron chi connectivity index (χ3n) is 4.27. The number of rotatable bonds is 4. The van der Waals surface area contributed by atoms with Crippen molar-refractivity contribution in [1.29, 1.82) is 0 Å². The molecule has 0 atom stereocenters. The molecule has 0 saturated carbocycles. The highest BCUT2D eigenvalue weighted by Gasteiger charge is 2.41. The zero-order valence-electron chi connectivity index (χ0n) is 15.8. The summed E-state index contributed by atoms with van der Waals surface area (Å²) in [5, 5.41) is 0. The van der Waals surface area contributed by atoms with Gasteiger partial charge in [0.25, 0.3) is 0 Å². The number of hydrogen-bond acceptors (Lipinski definition) is 3. The fourth-order valence-corrected chi connectivity index (χ4v) is 3.17.